The van der Waals surface area contributed by atoms with Crippen molar-refractivity contribution >= 4 is 11.7 Å². The lowest BCUT2D eigenvalue weighted by Gasteiger charge is -2.12. The number of carbonyl (C=O) groups is 1. The highest BCUT2D eigenvalue weighted by Gasteiger charge is 2.11. The van der Waals surface area contributed by atoms with Crippen LogP contribution in [0, 0.1) is 34.0 Å². The summed E-state index contributed by atoms with van der Waals surface area (Å²) < 4.78 is 10.4. The SMILES string of the molecule is COC(=O)c1ccc(Oc2ccccc2NC(C#N)=C(C#N)C#N)cc1. The van der Waals surface area contributed by atoms with Gasteiger partial charge in [0.2, 0.25) is 0 Å². The van der Waals surface area contributed by atoms with Gasteiger partial charge in [-0.25, -0.2) is 4.79 Å². The molecule has 1 N–H and O–H groups in total. The number of nitrogens with zero attached hydrogens (tertiary/aromatic N) is 3. The number of esters is 1. The number of hydrogen-bond acceptors (Lipinski definition) is 7. The van der Waals surface area contributed by atoms with Crippen LogP contribution in [0.25, 0.3) is 0 Å². The predicted octanol–water partition coefficient (Wildman–Crippen LogP) is 3.50. The molecule has 0 saturated heterocycles. The van der Waals surface area contributed by atoms with Crippen molar-refractivity contribution in [1.29, 1.82) is 15.8 Å². The van der Waals surface area contributed by atoms with Gasteiger partial charge in [0, 0.05) is 0 Å². The summed E-state index contributed by atoms with van der Waals surface area (Å²) in [4.78, 5) is 11.5. The molecule has 0 aliphatic rings. The smallest absolute Gasteiger partial charge is 0.337 e. The fourth-order valence-electron chi connectivity index (χ4n) is 1.98. The third-order valence-electron chi connectivity index (χ3n) is 3.24. The summed E-state index contributed by atoms with van der Waals surface area (Å²) in [5.41, 5.74) is 0.287. The normalized spacial score (nSPS) is 9.00. The number of nitrogens with one attached hydrogen (secondary N) is 1. The zero-order chi connectivity index (χ0) is 18.9. The Morgan fingerprint density at radius 1 is 0.962 bits per heavy atom. The van der Waals surface area contributed by atoms with Crippen LogP contribution < -0.4 is 10.1 Å². The molecule has 126 valence electrons. The Morgan fingerprint density at radius 2 is 1.62 bits per heavy atom. The van der Waals surface area contributed by atoms with Crippen LogP contribution in [0.1, 0.15) is 10.4 Å². The number of para-hydroxylation sites is 2. The topological polar surface area (TPSA) is 119 Å². The second kappa shape index (κ2) is 8.54. The second-order valence-electron chi connectivity index (χ2n) is 4.82. The zero-order valence-electron chi connectivity index (χ0n) is 13.7. The zero-order valence-corrected chi connectivity index (χ0v) is 13.7. The Labute approximate surface area is 149 Å². The van der Waals surface area contributed by atoms with E-state index in [1.807, 2.05) is 0 Å². The van der Waals surface area contributed by atoms with E-state index in [2.05, 4.69) is 10.1 Å². The Morgan fingerprint density at radius 3 is 2.19 bits per heavy atom. The van der Waals surface area contributed by atoms with Crippen LogP contribution in [0.15, 0.2) is 59.8 Å². The van der Waals surface area contributed by atoms with Crippen molar-refractivity contribution < 1.29 is 14.3 Å². The molecule has 0 atom stereocenters. The maximum absolute atomic E-state index is 11.5. The van der Waals surface area contributed by atoms with Gasteiger partial charge < -0.3 is 14.8 Å². The van der Waals surface area contributed by atoms with Gasteiger partial charge in [0.05, 0.1) is 18.4 Å². The van der Waals surface area contributed by atoms with Gasteiger partial charge in [-0.05, 0) is 36.4 Å². The number of hydrogen-bond donors (Lipinski definition) is 1. The first kappa shape index (κ1) is 18.1. The van der Waals surface area contributed by atoms with Gasteiger partial charge in [-0.2, -0.15) is 15.8 Å². The van der Waals surface area contributed by atoms with Crippen LogP contribution in [-0.4, -0.2) is 13.1 Å². The van der Waals surface area contributed by atoms with Gasteiger partial charge in [-0.3, -0.25) is 0 Å². The molecule has 0 heterocycles. The molecule has 0 amide bonds. The molecule has 0 aromatic heterocycles. The van der Waals surface area contributed by atoms with Crippen molar-refractivity contribution in [2.75, 3.05) is 12.4 Å². The van der Waals surface area contributed by atoms with E-state index in [-0.39, 0.29) is 11.3 Å². The van der Waals surface area contributed by atoms with E-state index in [4.69, 9.17) is 20.5 Å². The molecule has 0 saturated carbocycles. The summed E-state index contributed by atoms with van der Waals surface area (Å²) in [6.45, 7) is 0. The number of carbonyl (C=O) groups excluding carboxylic acids is 1. The number of anilines is 1. The largest absolute Gasteiger partial charge is 0.465 e. The third kappa shape index (κ3) is 4.17. The highest BCUT2D eigenvalue weighted by atomic mass is 16.5. The molecule has 2 aromatic carbocycles. The van der Waals surface area contributed by atoms with Crippen LogP contribution in [0.2, 0.25) is 0 Å². The molecule has 0 fully saturated rings. The van der Waals surface area contributed by atoms with Gasteiger partial charge in [0.15, 0.2) is 11.3 Å². The number of ether oxygens (including phenoxy) is 2. The van der Waals surface area contributed by atoms with Crippen molar-refractivity contribution in [3.05, 3.63) is 65.4 Å². The summed E-state index contributed by atoms with van der Waals surface area (Å²) in [6, 6.07) is 18.2. The first-order valence-corrected chi connectivity index (χ1v) is 7.29. The fourth-order valence-corrected chi connectivity index (χ4v) is 1.98. The lowest BCUT2D eigenvalue weighted by Crippen LogP contribution is -2.02. The maximum Gasteiger partial charge on any atom is 0.337 e. The Hall–Kier alpha value is -4.28. The number of benzene rings is 2. The van der Waals surface area contributed by atoms with Gasteiger partial charge in [-0.15, -0.1) is 0 Å². The van der Waals surface area contributed by atoms with Crippen LogP contribution in [-0.2, 0) is 4.74 Å². The first-order chi connectivity index (χ1) is 12.6. The Balaban J connectivity index is 2.29. The van der Waals surface area contributed by atoms with Crippen LogP contribution in [0.3, 0.4) is 0 Å². The van der Waals surface area contributed by atoms with E-state index in [0.717, 1.165) is 0 Å². The molecule has 26 heavy (non-hydrogen) atoms. The van der Waals surface area contributed by atoms with E-state index < -0.39 is 5.97 Å². The van der Waals surface area contributed by atoms with Crippen molar-refractivity contribution in [1.82, 2.24) is 0 Å². The molecule has 7 heteroatoms. The molecule has 0 aliphatic carbocycles. The first-order valence-electron chi connectivity index (χ1n) is 7.29. The minimum absolute atomic E-state index is 0.174. The molecular weight excluding hydrogens is 332 g/mol. The van der Waals surface area contributed by atoms with E-state index >= 15 is 0 Å². The van der Waals surface area contributed by atoms with Crippen molar-refractivity contribution in [2.24, 2.45) is 0 Å². The van der Waals surface area contributed by atoms with Crippen LogP contribution in [0.4, 0.5) is 5.69 Å². The molecule has 0 aliphatic heterocycles. The molecule has 2 aromatic rings. The molecular formula is C19H12N4O3. The summed E-state index contributed by atoms with van der Waals surface area (Å²) in [6.07, 6.45) is 0. The van der Waals surface area contributed by atoms with Gasteiger partial charge >= 0.3 is 5.97 Å². The summed E-state index contributed by atoms with van der Waals surface area (Å²) in [7, 11) is 1.30. The van der Waals surface area contributed by atoms with E-state index in [9.17, 15) is 4.79 Å². The third-order valence-corrected chi connectivity index (χ3v) is 3.24. The summed E-state index contributed by atoms with van der Waals surface area (Å²) in [5, 5.41) is 29.7. The highest BCUT2D eigenvalue weighted by molar-refractivity contribution is 5.89. The number of methoxy groups -OCH3 is 1. The second-order valence-corrected chi connectivity index (χ2v) is 4.82. The minimum atomic E-state index is -0.456. The van der Waals surface area contributed by atoms with E-state index in [1.54, 1.807) is 66.7 Å². The van der Waals surface area contributed by atoms with E-state index in [0.29, 0.717) is 22.7 Å². The average molecular weight is 344 g/mol. The monoisotopic (exact) mass is 344 g/mol. The minimum Gasteiger partial charge on any atom is -0.465 e. The number of rotatable bonds is 5. The molecule has 0 radical (unpaired) electrons. The van der Waals surface area contributed by atoms with Crippen molar-refractivity contribution in [2.45, 2.75) is 0 Å². The Kier molecular flexibility index (Phi) is 5.93. The van der Waals surface area contributed by atoms with Crippen LogP contribution in [0.5, 0.6) is 11.5 Å². The predicted molar refractivity (Wildman–Crippen MR) is 91.8 cm³/mol. The Bertz CT molecular complexity index is 958. The molecule has 0 spiro atoms. The molecule has 0 unspecified atom stereocenters. The fraction of sp³-hybridized carbons (Fsp3) is 0.0526. The molecule has 7 nitrogen and oxygen atoms in total. The van der Waals surface area contributed by atoms with Crippen LogP contribution >= 0.6 is 0 Å². The summed E-state index contributed by atoms with van der Waals surface area (Å²) >= 11 is 0. The van der Waals surface area contributed by atoms with E-state index in [1.165, 1.54) is 7.11 Å². The lowest BCUT2D eigenvalue weighted by atomic mass is 10.2. The standard InChI is InChI=1S/C19H12N4O3/c1-25-19(24)13-6-8-15(9-7-13)26-18-5-3-2-4-16(18)23-17(12-22)14(10-20)11-21/h2-9,23H,1H3. The van der Waals surface area contributed by atoms with Crippen molar-refractivity contribution in [3.63, 3.8) is 0 Å². The molecule has 0 bridgehead atoms. The molecule has 2 rings (SSSR count). The quantitative estimate of drug-likeness (QED) is 0.651. The van der Waals surface area contributed by atoms with Gasteiger partial charge in [-0.1, -0.05) is 12.1 Å². The average Bonchev–Trinajstić information content (AvgIpc) is 2.69. The van der Waals surface area contributed by atoms with Gasteiger partial charge in [0.1, 0.15) is 29.7 Å². The number of nitriles is 3. The summed E-state index contributed by atoms with van der Waals surface area (Å²) in [5.74, 6) is 0.374. The maximum atomic E-state index is 11.5. The van der Waals surface area contributed by atoms with Gasteiger partial charge in [0.25, 0.3) is 0 Å². The highest BCUT2D eigenvalue weighted by Crippen LogP contribution is 2.30. The van der Waals surface area contributed by atoms with Crippen molar-refractivity contribution in [3.8, 4) is 29.7 Å². The lowest BCUT2D eigenvalue weighted by molar-refractivity contribution is 0.0600. The number of allylic oxidation sites excluding steroid dienone is 2.